The zero-order valence-electron chi connectivity index (χ0n) is 13.3. The summed E-state index contributed by atoms with van der Waals surface area (Å²) < 4.78 is 0. The topological polar surface area (TPSA) is 33.7 Å². The molecule has 1 aliphatic rings. The molecule has 3 heteroatoms. The number of rotatable bonds is 3. The number of halogens is 1. The lowest BCUT2D eigenvalue weighted by molar-refractivity contribution is -0.698. The normalized spacial score (nSPS) is 23.2. The van der Waals surface area contributed by atoms with E-state index >= 15 is 0 Å². The molecule has 0 amide bonds. The highest BCUT2D eigenvalue weighted by Crippen LogP contribution is 2.37. The quantitative estimate of drug-likeness (QED) is 0.860. The maximum atomic E-state index is 13.3. The van der Waals surface area contributed by atoms with Gasteiger partial charge >= 0.3 is 0 Å². The molecule has 0 bridgehead atoms. The molecule has 23 heavy (non-hydrogen) atoms. The van der Waals surface area contributed by atoms with Crippen LogP contribution >= 0.6 is 11.6 Å². The number of likely N-dealkylation sites (N-methyl/N-ethyl adjacent to an activating group) is 1. The van der Waals surface area contributed by atoms with Gasteiger partial charge in [-0.05, 0) is 30.5 Å². The molecule has 2 aromatic carbocycles. The minimum atomic E-state index is -0.600. The number of carbonyl (C=O) groups is 1. The minimum absolute atomic E-state index is 0.184. The standard InChI is InChI=1S/C20H20ClNO/c1-22-20(17-11-5-6-12-18(17)21)13-7-10-16(19(20)23)14-15-8-3-2-4-9-15/h2-6,8-9,11-12,14,22H,7,10,13H2,1H3/p+1/t20-/m1/s1. The lowest BCUT2D eigenvalue weighted by Gasteiger charge is -2.34. The first-order chi connectivity index (χ1) is 11.2. The maximum Gasteiger partial charge on any atom is 0.223 e. The molecule has 0 saturated heterocycles. The first kappa shape index (κ1) is 16.0. The average molecular weight is 327 g/mol. The van der Waals surface area contributed by atoms with E-state index < -0.39 is 5.54 Å². The van der Waals surface area contributed by atoms with Crippen LogP contribution in [0.3, 0.4) is 0 Å². The molecule has 0 unspecified atom stereocenters. The Morgan fingerprint density at radius 2 is 1.78 bits per heavy atom. The van der Waals surface area contributed by atoms with Crippen LogP contribution in [-0.2, 0) is 10.3 Å². The van der Waals surface area contributed by atoms with Crippen LogP contribution in [0.25, 0.3) is 6.08 Å². The van der Waals surface area contributed by atoms with Gasteiger partial charge in [-0.1, -0.05) is 60.1 Å². The monoisotopic (exact) mass is 326 g/mol. The molecule has 0 aromatic heterocycles. The highest BCUT2D eigenvalue weighted by atomic mass is 35.5. The summed E-state index contributed by atoms with van der Waals surface area (Å²) in [6, 6.07) is 17.7. The number of benzene rings is 2. The molecule has 0 heterocycles. The largest absolute Gasteiger partial charge is 0.333 e. The highest BCUT2D eigenvalue weighted by molar-refractivity contribution is 6.32. The van der Waals surface area contributed by atoms with Gasteiger partial charge in [0, 0.05) is 17.6 Å². The minimum Gasteiger partial charge on any atom is -0.333 e. The summed E-state index contributed by atoms with van der Waals surface area (Å²) in [7, 11) is 1.96. The Hall–Kier alpha value is -1.90. The Morgan fingerprint density at radius 1 is 1.09 bits per heavy atom. The first-order valence-electron chi connectivity index (χ1n) is 8.03. The van der Waals surface area contributed by atoms with Gasteiger partial charge in [0.2, 0.25) is 5.78 Å². The Bertz CT molecular complexity index is 738. The van der Waals surface area contributed by atoms with Crippen LogP contribution in [-0.4, -0.2) is 12.8 Å². The van der Waals surface area contributed by atoms with Crippen LogP contribution in [0.2, 0.25) is 5.02 Å². The van der Waals surface area contributed by atoms with Gasteiger partial charge in [-0.2, -0.15) is 0 Å². The predicted octanol–water partition coefficient (Wildman–Crippen LogP) is 3.57. The van der Waals surface area contributed by atoms with Gasteiger partial charge in [0.05, 0.1) is 12.1 Å². The summed E-state index contributed by atoms with van der Waals surface area (Å²) in [5, 5.41) is 2.69. The molecule has 1 saturated carbocycles. The van der Waals surface area contributed by atoms with Gasteiger partial charge in [0.1, 0.15) is 0 Å². The smallest absolute Gasteiger partial charge is 0.223 e. The van der Waals surface area contributed by atoms with Crippen LogP contribution in [0, 0.1) is 0 Å². The van der Waals surface area contributed by atoms with E-state index in [1.165, 1.54) is 0 Å². The van der Waals surface area contributed by atoms with Crippen molar-refractivity contribution in [2.45, 2.75) is 24.8 Å². The fourth-order valence-electron chi connectivity index (χ4n) is 3.47. The Labute approximate surface area is 142 Å². The molecular formula is C20H21ClNO+. The fraction of sp³-hybridized carbons (Fsp3) is 0.250. The third kappa shape index (κ3) is 2.97. The molecule has 1 atom stereocenters. The number of hydrogen-bond acceptors (Lipinski definition) is 1. The number of hydrogen-bond donors (Lipinski definition) is 1. The number of Topliss-reactive ketones (excluding diaryl/α,β-unsaturated/α-hetero) is 1. The van der Waals surface area contributed by atoms with Gasteiger partial charge in [-0.25, -0.2) is 0 Å². The van der Waals surface area contributed by atoms with Gasteiger partial charge in [0.25, 0.3) is 0 Å². The third-order valence-electron chi connectivity index (χ3n) is 4.70. The van der Waals surface area contributed by atoms with Crippen molar-refractivity contribution in [2.24, 2.45) is 0 Å². The number of ketones is 1. The van der Waals surface area contributed by atoms with E-state index in [1.807, 2.05) is 73.0 Å². The number of nitrogens with two attached hydrogens (primary N) is 1. The lowest BCUT2D eigenvalue weighted by atomic mass is 9.73. The van der Waals surface area contributed by atoms with Gasteiger partial charge in [0.15, 0.2) is 5.54 Å². The van der Waals surface area contributed by atoms with E-state index in [2.05, 4.69) is 0 Å². The van der Waals surface area contributed by atoms with E-state index in [0.29, 0.717) is 5.02 Å². The molecule has 2 nitrogen and oxygen atoms in total. The van der Waals surface area contributed by atoms with Gasteiger partial charge < -0.3 is 5.32 Å². The van der Waals surface area contributed by atoms with Crippen molar-refractivity contribution >= 4 is 23.5 Å². The molecule has 1 fully saturated rings. The lowest BCUT2D eigenvalue weighted by Crippen LogP contribution is -2.94. The zero-order chi connectivity index (χ0) is 16.3. The zero-order valence-corrected chi connectivity index (χ0v) is 14.0. The Morgan fingerprint density at radius 3 is 2.48 bits per heavy atom. The number of quaternary nitrogens is 1. The van der Waals surface area contributed by atoms with Crippen molar-refractivity contribution in [3.63, 3.8) is 0 Å². The van der Waals surface area contributed by atoms with Crippen LogP contribution in [0.5, 0.6) is 0 Å². The van der Waals surface area contributed by atoms with E-state index in [1.54, 1.807) is 0 Å². The second kappa shape index (κ2) is 6.69. The van der Waals surface area contributed by atoms with Gasteiger partial charge in [-0.3, -0.25) is 4.79 Å². The van der Waals surface area contributed by atoms with Crippen LogP contribution in [0.1, 0.15) is 30.4 Å². The summed E-state index contributed by atoms with van der Waals surface area (Å²) in [4.78, 5) is 13.3. The highest BCUT2D eigenvalue weighted by Gasteiger charge is 2.47. The first-order valence-corrected chi connectivity index (χ1v) is 8.41. The fourth-order valence-corrected chi connectivity index (χ4v) is 3.77. The van der Waals surface area contributed by atoms with Crippen molar-refractivity contribution in [1.29, 1.82) is 0 Å². The average Bonchev–Trinajstić information content (AvgIpc) is 2.59. The molecule has 0 radical (unpaired) electrons. The molecule has 0 spiro atoms. The van der Waals surface area contributed by atoms with Crippen LogP contribution in [0.15, 0.2) is 60.2 Å². The maximum absolute atomic E-state index is 13.3. The Balaban J connectivity index is 2.04. The van der Waals surface area contributed by atoms with Crippen molar-refractivity contribution < 1.29 is 10.1 Å². The molecule has 118 valence electrons. The summed E-state index contributed by atoms with van der Waals surface area (Å²) in [6.07, 6.45) is 4.66. The van der Waals surface area contributed by atoms with Crippen molar-refractivity contribution in [3.8, 4) is 0 Å². The molecule has 1 aliphatic carbocycles. The van der Waals surface area contributed by atoms with Crippen molar-refractivity contribution in [1.82, 2.24) is 0 Å². The third-order valence-corrected chi connectivity index (χ3v) is 5.03. The van der Waals surface area contributed by atoms with Crippen molar-refractivity contribution in [3.05, 3.63) is 76.3 Å². The predicted molar refractivity (Wildman–Crippen MR) is 94.3 cm³/mol. The summed E-state index contributed by atoms with van der Waals surface area (Å²) in [5.74, 6) is 0.184. The van der Waals surface area contributed by atoms with Crippen LogP contribution < -0.4 is 5.32 Å². The molecular weight excluding hydrogens is 306 g/mol. The van der Waals surface area contributed by atoms with E-state index in [0.717, 1.165) is 36.0 Å². The molecule has 3 rings (SSSR count). The van der Waals surface area contributed by atoms with Crippen molar-refractivity contribution in [2.75, 3.05) is 7.05 Å². The molecule has 0 aliphatic heterocycles. The number of carbonyl (C=O) groups excluding carboxylic acids is 1. The SMILES string of the molecule is C[NH2+][C@@]1(c2ccccc2Cl)CCCC(=Cc2ccccc2)C1=O. The second-order valence-electron chi connectivity index (χ2n) is 6.00. The van der Waals surface area contributed by atoms with Crippen LogP contribution in [0.4, 0.5) is 0 Å². The Kier molecular flexibility index (Phi) is 4.65. The summed E-state index contributed by atoms with van der Waals surface area (Å²) >= 11 is 6.41. The molecule has 2 aromatic rings. The summed E-state index contributed by atoms with van der Waals surface area (Å²) in [6.45, 7) is 0. The molecule has 2 N–H and O–H groups in total. The van der Waals surface area contributed by atoms with Gasteiger partial charge in [-0.15, -0.1) is 0 Å². The summed E-state index contributed by atoms with van der Waals surface area (Å²) in [5.41, 5.74) is 2.28. The second-order valence-corrected chi connectivity index (χ2v) is 6.41. The van der Waals surface area contributed by atoms with E-state index in [9.17, 15) is 4.79 Å². The van der Waals surface area contributed by atoms with E-state index in [4.69, 9.17) is 11.6 Å². The van der Waals surface area contributed by atoms with E-state index in [-0.39, 0.29) is 5.78 Å².